The molecule has 1 heterocycles. The predicted molar refractivity (Wildman–Crippen MR) is 65.9 cm³/mol. The summed E-state index contributed by atoms with van der Waals surface area (Å²) < 4.78 is 0. The third kappa shape index (κ3) is 2.51. The number of nitrogens with two attached hydrogens (primary N) is 1. The molecule has 1 aromatic carbocycles. The van der Waals surface area contributed by atoms with E-state index in [9.17, 15) is 9.59 Å². The molecule has 2 rings (SSSR count). The summed E-state index contributed by atoms with van der Waals surface area (Å²) in [5.74, 6) is -1.42. The zero-order valence-corrected chi connectivity index (χ0v) is 10.2. The lowest BCUT2D eigenvalue weighted by Crippen LogP contribution is -2.31. The highest BCUT2D eigenvalue weighted by molar-refractivity contribution is 5.88. The normalized spacial score (nSPS) is 16.3. The second kappa shape index (κ2) is 4.78. The van der Waals surface area contributed by atoms with E-state index in [1.165, 1.54) is 0 Å². The van der Waals surface area contributed by atoms with Crippen molar-refractivity contribution in [3.63, 3.8) is 0 Å². The molecule has 0 aromatic heterocycles. The van der Waals surface area contributed by atoms with Gasteiger partial charge in [0.05, 0.1) is 5.56 Å². The molecule has 0 fully saturated rings. The van der Waals surface area contributed by atoms with E-state index in [1.54, 1.807) is 19.1 Å². The minimum Gasteiger partial charge on any atom is -0.478 e. The monoisotopic (exact) mass is 248 g/mol. The highest BCUT2D eigenvalue weighted by atomic mass is 16.4. The Morgan fingerprint density at radius 3 is 2.67 bits per heavy atom. The number of hydrogen-bond acceptors (Lipinski definition) is 3. The van der Waals surface area contributed by atoms with Gasteiger partial charge in [-0.1, -0.05) is 13.0 Å². The molecule has 96 valence electrons. The van der Waals surface area contributed by atoms with Gasteiger partial charge in [0.1, 0.15) is 0 Å². The number of carbonyl (C=O) groups excluding carboxylic acids is 1. The number of rotatable bonds is 4. The Bertz CT molecular complexity index is 499. The number of benzene rings is 1. The van der Waals surface area contributed by atoms with E-state index in [-0.39, 0.29) is 11.8 Å². The van der Waals surface area contributed by atoms with Gasteiger partial charge in [-0.25, -0.2) is 4.79 Å². The molecule has 0 radical (unpaired) electrons. The number of amides is 1. The van der Waals surface area contributed by atoms with Gasteiger partial charge < -0.3 is 10.8 Å². The Morgan fingerprint density at radius 2 is 2.06 bits per heavy atom. The summed E-state index contributed by atoms with van der Waals surface area (Å²) in [7, 11) is 0. The first-order valence-electron chi connectivity index (χ1n) is 5.84. The van der Waals surface area contributed by atoms with Gasteiger partial charge in [-0.2, -0.15) is 0 Å². The van der Waals surface area contributed by atoms with E-state index in [0.29, 0.717) is 18.7 Å². The number of carboxylic acid groups (broad SMARTS) is 1. The molecule has 5 heteroatoms. The molecule has 1 atom stereocenters. The number of fused-ring (bicyclic) bond motifs is 1. The van der Waals surface area contributed by atoms with E-state index in [2.05, 4.69) is 4.90 Å². The van der Waals surface area contributed by atoms with Crippen molar-refractivity contribution in [2.24, 2.45) is 11.7 Å². The minimum atomic E-state index is -0.915. The van der Waals surface area contributed by atoms with Crippen LogP contribution in [0.25, 0.3) is 0 Å². The van der Waals surface area contributed by atoms with Crippen LogP contribution in [0.4, 0.5) is 0 Å². The van der Waals surface area contributed by atoms with Crippen molar-refractivity contribution in [1.82, 2.24) is 4.90 Å². The Labute approximate surface area is 105 Å². The van der Waals surface area contributed by atoms with E-state index in [0.717, 1.165) is 17.7 Å². The fourth-order valence-corrected chi connectivity index (χ4v) is 2.20. The molecule has 1 aromatic rings. The van der Waals surface area contributed by atoms with Gasteiger partial charge in [0.2, 0.25) is 5.91 Å². The van der Waals surface area contributed by atoms with Crippen molar-refractivity contribution in [1.29, 1.82) is 0 Å². The molecular formula is C13H16N2O3. The molecule has 1 amide bonds. The highest BCUT2D eigenvalue weighted by Crippen LogP contribution is 2.24. The van der Waals surface area contributed by atoms with Crippen LogP contribution in [0, 0.1) is 5.92 Å². The van der Waals surface area contributed by atoms with Gasteiger partial charge in [-0.15, -0.1) is 0 Å². The molecule has 0 aliphatic carbocycles. The fraction of sp³-hybridized carbons (Fsp3) is 0.385. The number of carboxylic acids is 1. The van der Waals surface area contributed by atoms with Crippen LogP contribution in [0.15, 0.2) is 18.2 Å². The van der Waals surface area contributed by atoms with Gasteiger partial charge >= 0.3 is 5.97 Å². The van der Waals surface area contributed by atoms with Crippen molar-refractivity contribution in [2.75, 3.05) is 6.54 Å². The van der Waals surface area contributed by atoms with E-state index >= 15 is 0 Å². The summed E-state index contributed by atoms with van der Waals surface area (Å²) in [5.41, 5.74) is 7.69. The van der Waals surface area contributed by atoms with Crippen LogP contribution in [0.1, 0.15) is 28.4 Å². The molecule has 1 aliphatic rings. The molecule has 0 saturated heterocycles. The number of carbonyl (C=O) groups is 2. The van der Waals surface area contributed by atoms with Crippen molar-refractivity contribution < 1.29 is 14.7 Å². The van der Waals surface area contributed by atoms with Crippen LogP contribution >= 0.6 is 0 Å². The molecule has 18 heavy (non-hydrogen) atoms. The molecule has 0 saturated carbocycles. The topological polar surface area (TPSA) is 83.6 Å². The van der Waals surface area contributed by atoms with Gasteiger partial charge in [0.25, 0.3) is 0 Å². The van der Waals surface area contributed by atoms with E-state index in [1.807, 2.05) is 6.07 Å². The molecule has 1 aliphatic heterocycles. The molecule has 3 N–H and O–H groups in total. The number of nitrogens with zero attached hydrogens (tertiary/aromatic N) is 1. The van der Waals surface area contributed by atoms with Gasteiger partial charge in [0.15, 0.2) is 0 Å². The average molecular weight is 248 g/mol. The van der Waals surface area contributed by atoms with Crippen molar-refractivity contribution in [3.05, 3.63) is 34.9 Å². The molecular weight excluding hydrogens is 232 g/mol. The summed E-state index contributed by atoms with van der Waals surface area (Å²) >= 11 is 0. The fourth-order valence-electron chi connectivity index (χ4n) is 2.20. The van der Waals surface area contributed by atoms with Crippen LogP contribution in [0.2, 0.25) is 0 Å². The van der Waals surface area contributed by atoms with Crippen LogP contribution < -0.4 is 5.73 Å². The molecule has 0 spiro atoms. The quantitative estimate of drug-likeness (QED) is 0.826. The lowest BCUT2D eigenvalue weighted by Gasteiger charge is -2.17. The van der Waals surface area contributed by atoms with Gasteiger partial charge in [0, 0.05) is 25.6 Å². The van der Waals surface area contributed by atoms with Gasteiger partial charge in [-0.05, 0) is 23.3 Å². The molecule has 5 nitrogen and oxygen atoms in total. The average Bonchev–Trinajstić information content (AvgIpc) is 2.69. The second-order valence-electron chi connectivity index (χ2n) is 4.76. The Kier molecular flexibility index (Phi) is 3.34. The second-order valence-corrected chi connectivity index (χ2v) is 4.76. The van der Waals surface area contributed by atoms with Crippen molar-refractivity contribution >= 4 is 11.9 Å². The number of hydrogen-bond donors (Lipinski definition) is 2. The van der Waals surface area contributed by atoms with E-state index in [4.69, 9.17) is 10.8 Å². The SMILES string of the molecule is CC(CN1Cc2ccc(C(=O)O)cc2C1)C(N)=O. The summed E-state index contributed by atoms with van der Waals surface area (Å²) in [6, 6.07) is 5.16. The molecule has 0 bridgehead atoms. The first-order valence-corrected chi connectivity index (χ1v) is 5.84. The van der Waals surface area contributed by atoms with Crippen LogP contribution in [-0.4, -0.2) is 28.4 Å². The Balaban J connectivity index is 2.08. The Hall–Kier alpha value is -1.88. The Morgan fingerprint density at radius 1 is 1.39 bits per heavy atom. The summed E-state index contributed by atoms with van der Waals surface area (Å²) in [5, 5.41) is 8.93. The predicted octanol–water partition coefficient (Wildman–Crippen LogP) is 0.822. The lowest BCUT2D eigenvalue weighted by molar-refractivity contribution is -0.121. The maximum absolute atomic E-state index is 11.0. The maximum Gasteiger partial charge on any atom is 0.335 e. The summed E-state index contributed by atoms with van der Waals surface area (Å²) in [6.07, 6.45) is 0. The third-order valence-electron chi connectivity index (χ3n) is 3.26. The van der Waals surface area contributed by atoms with Crippen LogP contribution in [-0.2, 0) is 17.9 Å². The highest BCUT2D eigenvalue weighted by Gasteiger charge is 2.23. The third-order valence-corrected chi connectivity index (χ3v) is 3.26. The standard InChI is InChI=1S/C13H16N2O3/c1-8(12(14)16)5-15-6-10-3-2-9(13(17)18)4-11(10)7-15/h2-4,8H,5-7H2,1H3,(H2,14,16)(H,17,18). The largest absolute Gasteiger partial charge is 0.478 e. The zero-order chi connectivity index (χ0) is 13.3. The van der Waals surface area contributed by atoms with Crippen molar-refractivity contribution in [3.8, 4) is 0 Å². The van der Waals surface area contributed by atoms with E-state index < -0.39 is 5.97 Å². The van der Waals surface area contributed by atoms with Gasteiger partial charge in [-0.3, -0.25) is 9.69 Å². The number of aromatic carboxylic acids is 1. The summed E-state index contributed by atoms with van der Waals surface area (Å²) in [4.78, 5) is 24.0. The first-order chi connectivity index (χ1) is 8.47. The lowest BCUT2D eigenvalue weighted by atomic mass is 10.1. The minimum absolute atomic E-state index is 0.196. The number of primary amides is 1. The van der Waals surface area contributed by atoms with Crippen LogP contribution in [0.3, 0.4) is 0 Å². The zero-order valence-electron chi connectivity index (χ0n) is 10.2. The van der Waals surface area contributed by atoms with Crippen LogP contribution in [0.5, 0.6) is 0 Å². The maximum atomic E-state index is 11.0. The summed E-state index contributed by atoms with van der Waals surface area (Å²) in [6.45, 7) is 3.82. The first kappa shape index (κ1) is 12.6. The smallest absolute Gasteiger partial charge is 0.335 e. The van der Waals surface area contributed by atoms with Crippen molar-refractivity contribution in [2.45, 2.75) is 20.0 Å². The molecule has 1 unspecified atom stereocenters.